The SMILES string of the molecule is Clc1cccc(Cl)c1C=Nc1c2c(nc3ccccc13)CCCC2. The van der Waals surface area contributed by atoms with Crippen molar-refractivity contribution in [3.05, 3.63) is 69.3 Å². The van der Waals surface area contributed by atoms with Gasteiger partial charge in [-0.25, -0.2) is 0 Å². The molecule has 2 nitrogen and oxygen atoms in total. The first-order valence-electron chi connectivity index (χ1n) is 8.12. The number of hydrogen-bond acceptors (Lipinski definition) is 2. The summed E-state index contributed by atoms with van der Waals surface area (Å²) in [7, 11) is 0. The Morgan fingerprint density at radius 3 is 2.50 bits per heavy atom. The lowest BCUT2D eigenvalue weighted by molar-refractivity contribution is 0.672. The first-order valence-corrected chi connectivity index (χ1v) is 8.88. The molecule has 2 aromatic carbocycles. The minimum Gasteiger partial charge on any atom is -0.255 e. The van der Waals surface area contributed by atoms with Gasteiger partial charge in [-0.1, -0.05) is 47.5 Å². The number of nitrogens with zero attached hydrogens (tertiary/aromatic N) is 2. The average Bonchev–Trinajstić information content (AvgIpc) is 2.60. The van der Waals surface area contributed by atoms with Crippen LogP contribution in [0.2, 0.25) is 10.0 Å². The topological polar surface area (TPSA) is 25.2 Å². The summed E-state index contributed by atoms with van der Waals surface area (Å²) in [5, 5.41) is 2.30. The lowest BCUT2D eigenvalue weighted by Crippen LogP contribution is -2.06. The molecule has 1 aliphatic carbocycles. The highest BCUT2D eigenvalue weighted by Gasteiger charge is 2.17. The molecule has 120 valence electrons. The van der Waals surface area contributed by atoms with Crippen molar-refractivity contribution >= 4 is 46.0 Å². The molecule has 0 aliphatic heterocycles. The maximum atomic E-state index is 6.27. The predicted octanol–water partition coefficient (Wildman–Crippen LogP) is 6.17. The van der Waals surface area contributed by atoms with E-state index in [4.69, 9.17) is 33.2 Å². The van der Waals surface area contributed by atoms with E-state index in [0.29, 0.717) is 10.0 Å². The van der Waals surface area contributed by atoms with Gasteiger partial charge in [-0.15, -0.1) is 0 Å². The number of aliphatic imine (C=N–C) groups is 1. The van der Waals surface area contributed by atoms with E-state index in [1.165, 1.54) is 24.1 Å². The van der Waals surface area contributed by atoms with Crippen LogP contribution in [0.1, 0.15) is 29.7 Å². The highest BCUT2D eigenvalue weighted by molar-refractivity contribution is 6.38. The molecule has 0 fully saturated rings. The van der Waals surface area contributed by atoms with Crippen LogP contribution < -0.4 is 0 Å². The summed E-state index contributed by atoms with van der Waals surface area (Å²) >= 11 is 12.5. The van der Waals surface area contributed by atoms with E-state index in [0.717, 1.165) is 35.0 Å². The maximum absolute atomic E-state index is 6.27. The standard InChI is InChI=1S/C20H16Cl2N2/c21-16-8-5-9-17(22)15(16)12-23-20-13-6-1-3-10-18(13)24-19-11-4-2-7-14(19)20/h1,3,5-6,8-10,12H,2,4,7,11H2. The maximum Gasteiger partial charge on any atom is 0.0774 e. The van der Waals surface area contributed by atoms with Gasteiger partial charge in [0.2, 0.25) is 0 Å². The molecule has 0 spiro atoms. The zero-order valence-electron chi connectivity index (χ0n) is 13.1. The summed E-state index contributed by atoms with van der Waals surface area (Å²) in [6.07, 6.45) is 6.20. The van der Waals surface area contributed by atoms with Gasteiger partial charge in [0, 0.05) is 22.9 Å². The van der Waals surface area contributed by atoms with E-state index >= 15 is 0 Å². The molecule has 4 rings (SSSR count). The normalized spacial score (nSPS) is 14.2. The van der Waals surface area contributed by atoms with Crippen LogP contribution in [0, 0.1) is 0 Å². The van der Waals surface area contributed by atoms with Crippen LogP contribution >= 0.6 is 23.2 Å². The second kappa shape index (κ2) is 6.54. The summed E-state index contributed by atoms with van der Waals surface area (Å²) < 4.78 is 0. The van der Waals surface area contributed by atoms with Crippen LogP contribution in [0.4, 0.5) is 5.69 Å². The smallest absolute Gasteiger partial charge is 0.0774 e. The molecule has 3 aromatic rings. The van der Waals surface area contributed by atoms with Crippen molar-refractivity contribution in [2.24, 2.45) is 4.99 Å². The third-order valence-electron chi connectivity index (χ3n) is 4.46. The fraction of sp³-hybridized carbons (Fsp3) is 0.200. The molecular weight excluding hydrogens is 339 g/mol. The summed E-state index contributed by atoms with van der Waals surface area (Å²) in [4.78, 5) is 9.65. The first kappa shape index (κ1) is 15.6. The van der Waals surface area contributed by atoms with Crippen LogP contribution in [0.5, 0.6) is 0 Å². The number of aryl methyl sites for hydroxylation is 1. The van der Waals surface area contributed by atoms with E-state index in [1.54, 1.807) is 6.21 Å². The van der Waals surface area contributed by atoms with E-state index in [-0.39, 0.29) is 0 Å². The zero-order valence-corrected chi connectivity index (χ0v) is 14.6. The molecule has 0 bridgehead atoms. The molecule has 0 unspecified atom stereocenters. The van der Waals surface area contributed by atoms with Crippen molar-refractivity contribution in [1.82, 2.24) is 4.98 Å². The number of rotatable bonds is 2. The van der Waals surface area contributed by atoms with Crippen LogP contribution in [-0.4, -0.2) is 11.2 Å². The van der Waals surface area contributed by atoms with Gasteiger partial charge in [-0.2, -0.15) is 0 Å². The van der Waals surface area contributed by atoms with Gasteiger partial charge in [0.1, 0.15) is 0 Å². The Morgan fingerprint density at radius 2 is 1.67 bits per heavy atom. The Kier molecular flexibility index (Phi) is 4.26. The summed E-state index contributed by atoms with van der Waals surface area (Å²) in [5.41, 5.74) is 5.20. The van der Waals surface area contributed by atoms with Gasteiger partial charge >= 0.3 is 0 Å². The van der Waals surface area contributed by atoms with Gasteiger partial charge in [0.15, 0.2) is 0 Å². The van der Waals surface area contributed by atoms with Crippen molar-refractivity contribution in [3.8, 4) is 0 Å². The van der Waals surface area contributed by atoms with Crippen molar-refractivity contribution in [2.75, 3.05) is 0 Å². The fourth-order valence-corrected chi connectivity index (χ4v) is 3.75. The van der Waals surface area contributed by atoms with Crippen LogP contribution in [0.25, 0.3) is 10.9 Å². The Hall–Kier alpha value is -1.90. The Morgan fingerprint density at radius 1 is 0.917 bits per heavy atom. The van der Waals surface area contributed by atoms with E-state index in [1.807, 2.05) is 36.4 Å². The third kappa shape index (κ3) is 2.81. The monoisotopic (exact) mass is 354 g/mol. The predicted molar refractivity (Wildman–Crippen MR) is 102 cm³/mol. The van der Waals surface area contributed by atoms with Crippen LogP contribution in [0.15, 0.2) is 47.5 Å². The third-order valence-corrected chi connectivity index (χ3v) is 5.12. The molecule has 0 atom stereocenters. The van der Waals surface area contributed by atoms with Gasteiger partial charge in [-0.05, 0) is 49.4 Å². The summed E-state index contributed by atoms with van der Waals surface area (Å²) in [6.45, 7) is 0. The van der Waals surface area contributed by atoms with Crippen LogP contribution in [-0.2, 0) is 12.8 Å². The average molecular weight is 355 g/mol. The Balaban J connectivity index is 1.91. The van der Waals surface area contributed by atoms with Crippen molar-refractivity contribution < 1.29 is 0 Å². The summed E-state index contributed by atoms with van der Waals surface area (Å²) in [6, 6.07) is 13.7. The minimum atomic E-state index is 0.610. The largest absolute Gasteiger partial charge is 0.255 e. The van der Waals surface area contributed by atoms with E-state index < -0.39 is 0 Å². The lowest BCUT2D eigenvalue weighted by Gasteiger charge is -2.18. The number of benzene rings is 2. The molecule has 0 saturated carbocycles. The second-order valence-electron chi connectivity index (χ2n) is 6.00. The zero-order chi connectivity index (χ0) is 16.5. The number of pyridine rings is 1. The minimum absolute atomic E-state index is 0.610. The molecule has 0 N–H and O–H groups in total. The quantitative estimate of drug-likeness (QED) is 0.505. The molecule has 0 amide bonds. The number of para-hydroxylation sites is 1. The van der Waals surface area contributed by atoms with Crippen molar-refractivity contribution in [3.63, 3.8) is 0 Å². The molecule has 1 heterocycles. The molecule has 0 saturated heterocycles. The van der Waals surface area contributed by atoms with E-state index in [2.05, 4.69) is 6.07 Å². The second-order valence-corrected chi connectivity index (χ2v) is 6.82. The highest BCUT2D eigenvalue weighted by atomic mass is 35.5. The van der Waals surface area contributed by atoms with Gasteiger partial charge in [-0.3, -0.25) is 9.98 Å². The first-order chi connectivity index (χ1) is 11.7. The van der Waals surface area contributed by atoms with Crippen molar-refractivity contribution in [1.29, 1.82) is 0 Å². The molecule has 24 heavy (non-hydrogen) atoms. The Bertz CT molecular complexity index is 928. The van der Waals surface area contributed by atoms with Gasteiger partial charge in [0.25, 0.3) is 0 Å². The van der Waals surface area contributed by atoms with Crippen LogP contribution in [0.3, 0.4) is 0 Å². The van der Waals surface area contributed by atoms with Gasteiger partial charge < -0.3 is 0 Å². The number of fused-ring (bicyclic) bond motifs is 2. The molecule has 1 aliphatic rings. The van der Waals surface area contributed by atoms with Crippen molar-refractivity contribution in [2.45, 2.75) is 25.7 Å². The highest BCUT2D eigenvalue weighted by Crippen LogP contribution is 2.35. The molecular formula is C20H16Cl2N2. The molecule has 1 aromatic heterocycles. The number of aromatic nitrogens is 1. The summed E-state index contributed by atoms with van der Waals surface area (Å²) in [5.74, 6) is 0. The Labute approximate surface area is 151 Å². The lowest BCUT2D eigenvalue weighted by atomic mass is 9.93. The number of halogens is 2. The molecule has 4 heteroatoms. The van der Waals surface area contributed by atoms with Gasteiger partial charge in [0.05, 0.1) is 21.2 Å². The number of hydrogen-bond donors (Lipinski definition) is 0. The van der Waals surface area contributed by atoms with E-state index in [9.17, 15) is 0 Å². The fourth-order valence-electron chi connectivity index (χ4n) is 3.26. The molecule has 0 radical (unpaired) electrons.